The van der Waals surface area contributed by atoms with Gasteiger partial charge >= 0.3 is 5.97 Å². The van der Waals surface area contributed by atoms with Crippen molar-refractivity contribution >= 4 is 5.97 Å². The smallest absolute Gasteiger partial charge is 0.330 e. The van der Waals surface area contributed by atoms with E-state index < -0.39 is 0 Å². The first-order chi connectivity index (χ1) is 6.28. The Bertz CT molecular complexity index is 233. The highest BCUT2D eigenvalue weighted by atomic mass is 16.5. The van der Waals surface area contributed by atoms with E-state index in [1.165, 1.54) is 25.5 Å². The van der Waals surface area contributed by atoms with E-state index in [0.29, 0.717) is 12.1 Å². The van der Waals surface area contributed by atoms with Gasteiger partial charge in [0.25, 0.3) is 0 Å². The molecule has 2 atom stereocenters. The molecular weight excluding hydrogens is 166 g/mol. The molecule has 0 amide bonds. The summed E-state index contributed by atoms with van der Waals surface area (Å²) >= 11 is 0. The van der Waals surface area contributed by atoms with Crippen molar-refractivity contribution in [2.45, 2.75) is 37.8 Å². The number of carbonyl (C=O) groups is 1. The molecule has 2 bridgehead atoms. The second-order valence-corrected chi connectivity index (χ2v) is 3.87. The number of hydrogen-bond donors (Lipinski definition) is 1. The van der Waals surface area contributed by atoms with Gasteiger partial charge < -0.3 is 10.1 Å². The van der Waals surface area contributed by atoms with Gasteiger partial charge in [0.05, 0.1) is 7.11 Å². The van der Waals surface area contributed by atoms with Crippen molar-refractivity contribution in [2.24, 2.45) is 0 Å². The van der Waals surface area contributed by atoms with Crippen LogP contribution in [0.1, 0.15) is 25.7 Å². The van der Waals surface area contributed by atoms with Gasteiger partial charge in [0.1, 0.15) is 0 Å². The van der Waals surface area contributed by atoms with E-state index in [1.807, 2.05) is 0 Å². The molecule has 2 rings (SSSR count). The van der Waals surface area contributed by atoms with Gasteiger partial charge in [0, 0.05) is 18.2 Å². The number of rotatable bonds is 1. The topological polar surface area (TPSA) is 38.3 Å². The maximum absolute atomic E-state index is 11.0. The average Bonchev–Trinajstić information content (AvgIpc) is 2.46. The Hall–Kier alpha value is -0.830. The van der Waals surface area contributed by atoms with E-state index in [4.69, 9.17) is 0 Å². The molecule has 2 fully saturated rings. The monoisotopic (exact) mass is 181 g/mol. The minimum atomic E-state index is -0.212. The highest BCUT2D eigenvalue weighted by Crippen LogP contribution is 2.30. The molecule has 2 saturated heterocycles. The summed E-state index contributed by atoms with van der Waals surface area (Å²) in [6, 6.07) is 1.21. The highest BCUT2D eigenvalue weighted by Gasteiger charge is 2.30. The molecule has 0 spiro atoms. The first kappa shape index (κ1) is 8.75. The average molecular weight is 181 g/mol. The fourth-order valence-corrected chi connectivity index (χ4v) is 2.28. The van der Waals surface area contributed by atoms with E-state index in [0.717, 1.165) is 12.8 Å². The maximum Gasteiger partial charge on any atom is 0.330 e. The summed E-state index contributed by atoms with van der Waals surface area (Å²) in [7, 11) is 1.43. The molecule has 3 heteroatoms. The van der Waals surface area contributed by atoms with Crippen molar-refractivity contribution in [3.63, 3.8) is 0 Å². The van der Waals surface area contributed by atoms with E-state index in [-0.39, 0.29) is 5.97 Å². The SMILES string of the molecule is COC(=O)C=C1CC2CCC(C1)N2. The maximum atomic E-state index is 11.0. The fourth-order valence-electron chi connectivity index (χ4n) is 2.28. The number of ether oxygens (including phenoxy) is 1. The second kappa shape index (κ2) is 3.50. The minimum Gasteiger partial charge on any atom is -0.466 e. The molecule has 2 heterocycles. The van der Waals surface area contributed by atoms with Crippen LogP contribution in [0, 0.1) is 0 Å². The summed E-state index contributed by atoms with van der Waals surface area (Å²) in [5.74, 6) is -0.212. The van der Waals surface area contributed by atoms with Crippen molar-refractivity contribution in [3.8, 4) is 0 Å². The molecule has 2 unspecified atom stereocenters. The largest absolute Gasteiger partial charge is 0.466 e. The lowest BCUT2D eigenvalue weighted by Gasteiger charge is -2.23. The zero-order chi connectivity index (χ0) is 9.26. The molecule has 2 aliphatic rings. The molecular formula is C10H15NO2. The van der Waals surface area contributed by atoms with Crippen molar-refractivity contribution in [3.05, 3.63) is 11.6 Å². The van der Waals surface area contributed by atoms with Gasteiger partial charge in [-0.1, -0.05) is 5.57 Å². The number of nitrogens with one attached hydrogen (secondary N) is 1. The van der Waals surface area contributed by atoms with Crippen LogP contribution >= 0.6 is 0 Å². The van der Waals surface area contributed by atoms with Crippen LogP contribution in [0.4, 0.5) is 0 Å². The Morgan fingerprint density at radius 3 is 2.62 bits per heavy atom. The lowest BCUT2D eigenvalue weighted by atomic mass is 9.99. The van der Waals surface area contributed by atoms with E-state index in [9.17, 15) is 4.79 Å². The Kier molecular flexibility index (Phi) is 2.36. The summed E-state index contributed by atoms with van der Waals surface area (Å²) in [5.41, 5.74) is 1.25. The standard InChI is InChI=1S/C10H15NO2/c1-13-10(12)6-7-4-8-2-3-9(5-7)11-8/h6,8-9,11H,2-5H2,1H3. The van der Waals surface area contributed by atoms with Crippen molar-refractivity contribution in [2.75, 3.05) is 7.11 Å². The zero-order valence-corrected chi connectivity index (χ0v) is 7.88. The normalized spacial score (nSPS) is 31.6. The molecule has 0 saturated carbocycles. The van der Waals surface area contributed by atoms with Gasteiger partial charge in [-0.15, -0.1) is 0 Å². The lowest BCUT2D eigenvalue weighted by molar-refractivity contribution is -0.134. The molecule has 0 radical (unpaired) electrons. The number of piperidine rings is 1. The van der Waals surface area contributed by atoms with Crippen LogP contribution in [0.15, 0.2) is 11.6 Å². The first-order valence-corrected chi connectivity index (χ1v) is 4.81. The third-order valence-corrected chi connectivity index (χ3v) is 2.88. The molecule has 72 valence electrons. The zero-order valence-electron chi connectivity index (χ0n) is 7.88. The minimum absolute atomic E-state index is 0.212. The van der Waals surface area contributed by atoms with Crippen molar-refractivity contribution in [1.29, 1.82) is 0 Å². The van der Waals surface area contributed by atoms with Crippen LogP contribution in [0.25, 0.3) is 0 Å². The van der Waals surface area contributed by atoms with Crippen molar-refractivity contribution in [1.82, 2.24) is 5.32 Å². The van der Waals surface area contributed by atoms with Crippen LogP contribution in [0.2, 0.25) is 0 Å². The number of esters is 1. The number of methoxy groups -OCH3 is 1. The number of carbonyl (C=O) groups excluding carboxylic acids is 1. The van der Waals surface area contributed by atoms with Gasteiger partial charge in [-0.3, -0.25) is 0 Å². The van der Waals surface area contributed by atoms with E-state index in [2.05, 4.69) is 10.1 Å². The van der Waals surface area contributed by atoms with Gasteiger partial charge in [-0.2, -0.15) is 0 Å². The quantitative estimate of drug-likeness (QED) is 0.484. The second-order valence-electron chi connectivity index (χ2n) is 3.87. The van der Waals surface area contributed by atoms with E-state index >= 15 is 0 Å². The van der Waals surface area contributed by atoms with Gasteiger partial charge in [-0.05, 0) is 25.7 Å². The van der Waals surface area contributed by atoms with Crippen LogP contribution < -0.4 is 5.32 Å². The van der Waals surface area contributed by atoms with E-state index in [1.54, 1.807) is 6.08 Å². The van der Waals surface area contributed by atoms with Crippen LogP contribution in [0.3, 0.4) is 0 Å². The molecule has 0 aromatic heterocycles. The summed E-state index contributed by atoms with van der Waals surface area (Å²) < 4.78 is 4.61. The van der Waals surface area contributed by atoms with Gasteiger partial charge in [0.2, 0.25) is 0 Å². The molecule has 3 nitrogen and oxygen atoms in total. The summed E-state index contributed by atoms with van der Waals surface area (Å²) in [5, 5.41) is 3.52. The Morgan fingerprint density at radius 2 is 2.08 bits per heavy atom. The van der Waals surface area contributed by atoms with Crippen LogP contribution in [-0.4, -0.2) is 25.2 Å². The Morgan fingerprint density at radius 1 is 1.46 bits per heavy atom. The predicted octanol–water partition coefficient (Wildman–Crippen LogP) is 1.00. The van der Waals surface area contributed by atoms with Crippen LogP contribution in [0.5, 0.6) is 0 Å². The molecule has 0 aliphatic carbocycles. The van der Waals surface area contributed by atoms with Gasteiger partial charge in [0.15, 0.2) is 0 Å². The predicted molar refractivity (Wildman–Crippen MR) is 49.3 cm³/mol. The number of fused-ring (bicyclic) bond motifs is 2. The highest BCUT2D eigenvalue weighted by molar-refractivity contribution is 5.82. The lowest BCUT2D eigenvalue weighted by Crippen LogP contribution is -2.34. The third kappa shape index (κ3) is 1.91. The van der Waals surface area contributed by atoms with Crippen molar-refractivity contribution < 1.29 is 9.53 Å². The fraction of sp³-hybridized carbons (Fsp3) is 0.700. The molecule has 0 aromatic rings. The number of hydrogen-bond acceptors (Lipinski definition) is 3. The summed E-state index contributed by atoms with van der Waals surface area (Å²) in [6.45, 7) is 0. The molecule has 13 heavy (non-hydrogen) atoms. The molecule has 1 N–H and O–H groups in total. The summed E-state index contributed by atoms with van der Waals surface area (Å²) in [4.78, 5) is 11.0. The van der Waals surface area contributed by atoms with Gasteiger partial charge in [-0.25, -0.2) is 4.79 Å². The molecule has 2 aliphatic heterocycles. The Balaban J connectivity index is 2.02. The Labute approximate surface area is 78.1 Å². The first-order valence-electron chi connectivity index (χ1n) is 4.81. The summed E-state index contributed by atoms with van der Waals surface area (Å²) in [6.07, 6.45) is 6.20. The van der Waals surface area contributed by atoms with Crippen LogP contribution in [-0.2, 0) is 9.53 Å². The third-order valence-electron chi connectivity index (χ3n) is 2.88. The molecule has 0 aromatic carbocycles.